The van der Waals surface area contributed by atoms with Gasteiger partial charge in [-0.15, -0.1) is 0 Å². The van der Waals surface area contributed by atoms with Crippen molar-refractivity contribution in [1.82, 2.24) is 9.47 Å². The largest absolute Gasteiger partial charge is 0.495 e. The number of ketones is 1. The first kappa shape index (κ1) is 32.8. The van der Waals surface area contributed by atoms with Gasteiger partial charge in [-0.05, 0) is 61.4 Å². The first-order chi connectivity index (χ1) is 23.4. The monoisotopic (exact) mass is 645 g/mol. The molecule has 248 valence electrons. The number of aryl methyl sites for hydroxylation is 2. The number of hydrogen-bond donors (Lipinski definition) is 1. The van der Waals surface area contributed by atoms with Gasteiger partial charge in [-0.2, -0.15) is 0 Å². The Morgan fingerprint density at radius 2 is 1.54 bits per heavy atom. The lowest BCUT2D eigenvalue weighted by Crippen LogP contribution is -2.47. The van der Waals surface area contributed by atoms with Gasteiger partial charge >= 0.3 is 5.97 Å². The molecular weight excluding hydrogens is 602 g/mol. The van der Waals surface area contributed by atoms with E-state index in [0.717, 1.165) is 67.0 Å². The number of hydrogen-bond acceptors (Lipinski definition) is 6. The molecule has 1 N–H and O–H groups in total. The molecule has 0 spiro atoms. The van der Waals surface area contributed by atoms with Crippen molar-refractivity contribution >= 4 is 28.3 Å². The summed E-state index contributed by atoms with van der Waals surface area (Å²) in [5.41, 5.74) is 5.59. The summed E-state index contributed by atoms with van der Waals surface area (Å²) in [6.45, 7) is 7.33. The Hall–Kier alpha value is -5.08. The average molecular weight is 646 g/mol. The van der Waals surface area contributed by atoms with Gasteiger partial charge in [0.05, 0.1) is 12.8 Å². The number of benzene rings is 4. The molecule has 0 saturated carbocycles. The molecule has 4 aromatic carbocycles. The predicted octanol–water partition coefficient (Wildman–Crippen LogP) is 7.39. The molecule has 1 aliphatic heterocycles. The fourth-order valence-electron chi connectivity index (χ4n) is 6.50. The maximum absolute atomic E-state index is 13.7. The van der Waals surface area contributed by atoms with Crippen molar-refractivity contribution in [3.05, 3.63) is 126 Å². The third-order valence-electron chi connectivity index (χ3n) is 9.17. The summed E-state index contributed by atoms with van der Waals surface area (Å²) in [5, 5.41) is 9.93. The number of piperazine rings is 1. The molecule has 8 nitrogen and oxygen atoms in total. The summed E-state index contributed by atoms with van der Waals surface area (Å²) in [7, 11) is 1.72. The van der Waals surface area contributed by atoms with E-state index in [0.29, 0.717) is 29.8 Å². The number of anilines is 1. The van der Waals surface area contributed by atoms with Crippen LogP contribution in [0.15, 0.2) is 103 Å². The van der Waals surface area contributed by atoms with Gasteiger partial charge in [-0.1, -0.05) is 60.2 Å². The Kier molecular flexibility index (Phi) is 10.4. The van der Waals surface area contributed by atoms with Crippen LogP contribution < -0.4 is 14.4 Å². The van der Waals surface area contributed by atoms with Crippen molar-refractivity contribution in [3.8, 4) is 11.5 Å². The van der Waals surface area contributed by atoms with Crippen LogP contribution in [0.3, 0.4) is 0 Å². The topological polar surface area (TPSA) is 84.2 Å². The van der Waals surface area contributed by atoms with Crippen LogP contribution in [0.4, 0.5) is 5.69 Å². The highest BCUT2D eigenvalue weighted by atomic mass is 16.5. The fraction of sp³-hybridized carbons (Fsp3) is 0.300. The van der Waals surface area contributed by atoms with Gasteiger partial charge < -0.3 is 24.0 Å². The first-order valence-corrected chi connectivity index (χ1v) is 16.7. The zero-order valence-corrected chi connectivity index (χ0v) is 27.7. The number of rotatable bonds is 14. The van der Waals surface area contributed by atoms with E-state index in [2.05, 4.69) is 53.1 Å². The van der Waals surface area contributed by atoms with Gasteiger partial charge in [0, 0.05) is 80.3 Å². The first-order valence-electron chi connectivity index (χ1n) is 16.7. The van der Waals surface area contributed by atoms with Gasteiger partial charge in [0.25, 0.3) is 0 Å². The zero-order valence-electron chi connectivity index (χ0n) is 27.7. The summed E-state index contributed by atoms with van der Waals surface area (Å²) < 4.78 is 14.2. The number of carboxylic acid groups (broad SMARTS) is 1. The van der Waals surface area contributed by atoms with E-state index in [1.807, 2.05) is 71.4 Å². The van der Waals surface area contributed by atoms with Crippen molar-refractivity contribution in [2.75, 3.05) is 44.7 Å². The van der Waals surface area contributed by atoms with E-state index >= 15 is 0 Å². The molecule has 1 fully saturated rings. The second-order valence-electron chi connectivity index (χ2n) is 12.4. The number of nitrogens with zero attached hydrogens (tertiary/aromatic N) is 3. The maximum Gasteiger partial charge on any atom is 0.303 e. The molecule has 1 saturated heterocycles. The van der Waals surface area contributed by atoms with Crippen molar-refractivity contribution in [2.45, 2.75) is 38.8 Å². The van der Waals surface area contributed by atoms with E-state index in [4.69, 9.17) is 14.6 Å². The molecule has 0 bridgehead atoms. The van der Waals surface area contributed by atoms with Crippen LogP contribution in [0.2, 0.25) is 0 Å². The molecule has 6 rings (SSSR count). The van der Waals surface area contributed by atoms with Crippen molar-refractivity contribution in [1.29, 1.82) is 0 Å². The lowest BCUT2D eigenvalue weighted by molar-refractivity contribution is -0.137. The van der Waals surface area contributed by atoms with Crippen LogP contribution in [0.25, 0.3) is 10.9 Å². The van der Waals surface area contributed by atoms with Crippen LogP contribution in [-0.2, 0) is 11.3 Å². The molecule has 0 aliphatic carbocycles. The van der Waals surface area contributed by atoms with E-state index in [1.54, 1.807) is 7.11 Å². The van der Waals surface area contributed by atoms with E-state index in [9.17, 15) is 9.59 Å². The van der Waals surface area contributed by atoms with Gasteiger partial charge in [0.15, 0.2) is 5.78 Å². The van der Waals surface area contributed by atoms with Crippen molar-refractivity contribution in [2.24, 2.45) is 0 Å². The minimum atomic E-state index is -0.822. The Balaban J connectivity index is 1.12. The van der Waals surface area contributed by atoms with Gasteiger partial charge in [0.1, 0.15) is 17.6 Å². The SMILES string of the molecule is COc1ccccc1N1CCN(CC[C@H](Oc2ccc(C(=O)c3cn(CCCC(=O)O)c4ccccc34)cc2)c2ccc(C)cc2)CC1. The summed E-state index contributed by atoms with van der Waals surface area (Å²) in [5.74, 6) is 0.732. The Bertz CT molecular complexity index is 1840. The highest BCUT2D eigenvalue weighted by Gasteiger charge is 2.22. The van der Waals surface area contributed by atoms with Crippen LogP contribution >= 0.6 is 0 Å². The number of aliphatic carboxylic acids is 1. The number of ether oxygens (including phenoxy) is 2. The second-order valence-corrected chi connectivity index (χ2v) is 12.4. The molecular formula is C40H43N3O5. The standard InChI is InChI=1S/C40H43N3O5/c1-29-13-15-30(16-14-29)37(21-23-41-24-26-42(27-25-41)36-10-5-6-11-38(36)47-2)48-32-19-17-31(18-20-32)40(46)34-28-43(22-7-12-39(44)45)35-9-4-3-8-33(34)35/h3-6,8-11,13-20,28,37H,7,12,21-27H2,1-2H3,(H,44,45)/t37-/m0/s1. The third-order valence-corrected chi connectivity index (χ3v) is 9.17. The smallest absolute Gasteiger partial charge is 0.303 e. The quantitative estimate of drug-likeness (QED) is 0.126. The number of para-hydroxylation sites is 3. The highest BCUT2D eigenvalue weighted by Crippen LogP contribution is 2.30. The normalized spacial score (nSPS) is 14.2. The molecule has 1 aliphatic rings. The van der Waals surface area contributed by atoms with Crippen LogP contribution in [-0.4, -0.2) is 66.2 Å². The van der Waals surface area contributed by atoms with Gasteiger partial charge in [-0.3, -0.25) is 14.5 Å². The summed E-state index contributed by atoms with van der Waals surface area (Å²) in [6, 6.07) is 31.9. The predicted molar refractivity (Wildman–Crippen MR) is 189 cm³/mol. The maximum atomic E-state index is 13.7. The number of carbonyl (C=O) groups excluding carboxylic acids is 1. The Labute approximate surface area is 282 Å². The minimum absolute atomic E-state index is 0.0721. The van der Waals surface area contributed by atoms with Crippen LogP contribution in [0.5, 0.6) is 11.5 Å². The van der Waals surface area contributed by atoms with Crippen molar-refractivity contribution < 1.29 is 24.2 Å². The van der Waals surface area contributed by atoms with Crippen LogP contribution in [0.1, 0.15) is 52.4 Å². The van der Waals surface area contributed by atoms with E-state index in [-0.39, 0.29) is 18.3 Å². The summed E-state index contributed by atoms with van der Waals surface area (Å²) in [6.07, 6.45) is 3.13. The molecule has 1 aromatic heterocycles. The summed E-state index contributed by atoms with van der Waals surface area (Å²) in [4.78, 5) is 29.6. The lowest BCUT2D eigenvalue weighted by Gasteiger charge is -2.37. The Morgan fingerprint density at radius 3 is 2.27 bits per heavy atom. The number of carbonyl (C=O) groups is 2. The van der Waals surface area contributed by atoms with Crippen molar-refractivity contribution in [3.63, 3.8) is 0 Å². The summed E-state index contributed by atoms with van der Waals surface area (Å²) >= 11 is 0. The van der Waals surface area contributed by atoms with Gasteiger partial charge in [-0.25, -0.2) is 0 Å². The molecule has 48 heavy (non-hydrogen) atoms. The van der Waals surface area contributed by atoms with Gasteiger partial charge in [0.2, 0.25) is 0 Å². The Morgan fingerprint density at radius 1 is 0.833 bits per heavy atom. The molecule has 5 aromatic rings. The number of aromatic nitrogens is 1. The van der Waals surface area contributed by atoms with Crippen LogP contribution in [0, 0.1) is 6.92 Å². The number of fused-ring (bicyclic) bond motifs is 1. The third kappa shape index (κ3) is 7.72. The molecule has 0 radical (unpaired) electrons. The number of carboxylic acids is 1. The molecule has 0 amide bonds. The molecule has 1 atom stereocenters. The van der Waals surface area contributed by atoms with E-state index in [1.165, 1.54) is 5.56 Å². The number of methoxy groups -OCH3 is 1. The minimum Gasteiger partial charge on any atom is -0.495 e. The second kappa shape index (κ2) is 15.2. The average Bonchev–Trinajstić information content (AvgIpc) is 3.49. The van der Waals surface area contributed by atoms with E-state index < -0.39 is 5.97 Å². The fourth-order valence-corrected chi connectivity index (χ4v) is 6.50. The highest BCUT2D eigenvalue weighted by molar-refractivity contribution is 6.16. The molecule has 0 unspecified atom stereocenters. The molecule has 8 heteroatoms. The molecule has 2 heterocycles. The lowest BCUT2D eigenvalue weighted by atomic mass is 10.0. The zero-order chi connectivity index (χ0) is 33.5.